The van der Waals surface area contributed by atoms with Crippen molar-refractivity contribution in [2.45, 2.75) is 24.4 Å². The van der Waals surface area contributed by atoms with Crippen LogP contribution in [-0.2, 0) is 18.0 Å². The summed E-state index contributed by atoms with van der Waals surface area (Å²) >= 11 is 3.41. The fourth-order valence-electron chi connectivity index (χ4n) is 3.11. The summed E-state index contributed by atoms with van der Waals surface area (Å²) in [6.07, 6.45) is -3.84. The largest absolute Gasteiger partial charge is 0.433 e. The molecule has 1 aromatic carbocycles. The molecule has 0 radical (unpaired) electrons. The molecule has 0 fully saturated rings. The fourth-order valence-corrected chi connectivity index (χ4v) is 3.67. The molecule has 1 unspecified atom stereocenters. The van der Waals surface area contributed by atoms with Gasteiger partial charge < -0.3 is 0 Å². The smallest absolute Gasteiger partial charge is 0.245 e. The summed E-state index contributed by atoms with van der Waals surface area (Å²) in [6, 6.07) is 11.1. The molecule has 0 aliphatic heterocycles. The average Bonchev–Trinajstić information content (AvgIpc) is 2.94. The van der Waals surface area contributed by atoms with Crippen LogP contribution in [0, 0.1) is 22.7 Å². The Morgan fingerprint density at radius 2 is 1.92 bits per heavy atom. The Morgan fingerprint density at radius 3 is 2.54 bits per heavy atom. The van der Waals surface area contributed by atoms with Gasteiger partial charge >= 0.3 is 6.18 Å². The van der Waals surface area contributed by atoms with Crippen molar-refractivity contribution < 1.29 is 13.2 Å². The lowest BCUT2D eigenvalue weighted by molar-refractivity contribution is -0.141. The van der Waals surface area contributed by atoms with Gasteiger partial charge in [-0.15, -0.1) is 0 Å². The van der Waals surface area contributed by atoms with E-state index < -0.39 is 17.3 Å². The minimum absolute atomic E-state index is 0.0163. The number of alkyl halides is 3. The van der Waals surface area contributed by atoms with E-state index in [1.54, 1.807) is 12.1 Å². The predicted molar refractivity (Wildman–Crippen MR) is 82.8 cm³/mol. The van der Waals surface area contributed by atoms with Crippen LogP contribution in [-0.4, -0.2) is 4.98 Å². The molecule has 0 amide bonds. The van der Waals surface area contributed by atoms with Gasteiger partial charge in [-0.05, 0) is 42.2 Å². The SMILES string of the molecule is N#Cc1ccc(C(F)(F)F)nc1C1(C#N)CCc2c(Br)cccc21. The maximum absolute atomic E-state index is 13.0. The second-order valence-corrected chi connectivity index (χ2v) is 6.34. The number of fused-ring (bicyclic) bond motifs is 1. The molecule has 24 heavy (non-hydrogen) atoms. The van der Waals surface area contributed by atoms with E-state index in [0.717, 1.165) is 22.2 Å². The zero-order valence-corrected chi connectivity index (χ0v) is 13.7. The molecule has 0 spiro atoms. The maximum atomic E-state index is 13.0. The third-order valence-electron chi connectivity index (χ3n) is 4.23. The number of hydrogen-bond donors (Lipinski definition) is 0. The molecule has 0 saturated heterocycles. The van der Waals surface area contributed by atoms with Crippen molar-refractivity contribution >= 4 is 15.9 Å². The number of hydrogen-bond acceptors (Lipinski definition) is 3. The highest BCUT2D eigenvalue weighted by Gasteiger charge is 2.45. The summed E-state index contributed by atoms with van der Waals surface area (Å²) in [6.45, 7) is 0. The van der Waals surface area contributed by atoms with Crippen molar-refractivity contribution in [1.29, 1.82) is 10.5 Å². The Labute approximate surface area is 144 Å². The first kappa shape index (κ1) is 16.5. The van der Waals surface area contributed by atoms with Crippen molar-refractivity contribution in [2.75, 3.05) is 0 Å². The Kier molecular flexibility index (Phi) is 3.85. The molecule has 0 bridgehead atoms. The van der Waals surface area contributed by atoms with Gasteiger partial charge in [0, 0.05) is 4.47 Å². The molecule has 2 aromatic rings. The summed E-state index contributed by atoms with van der Waals surface area (Å²) in [5.41, 5.74) is -1.14. The second-order valence-electron chi connectivity index (χ2n) is 5.49. The summed E-state index contributed by atoms with van der Waals surface area (Å²) in [7, 11) is 0. The number of nitriles is 2. The van der Waals surface area contributed by atoms with Crippen LogP contribution in [0.2, 0.25) is 0 Å². The number of aromatic nitrogens is 1. The lowest BCUT2D eigenvalue weighted by Crippen LogP contribution is -2.27. The highest BCUT2D eigenvalue weighted by atomic mass is 79.9. The van der Waals surface area contributed by atoms with Gasteiger partial charge in [0.15, 0.2) is 0 Å². The van der Waals surface area contributed by atoms with Gasteiger partial charge in [0.05, 0.1) is 17.3 Å². The lowest BCUT2D eigenvalue weighted by atomic mass is 9.78. The maximum Gasteiger partial charge on any atom is 0.433 e. The van der Waals surface area contributed by atoms with Crippen molar-refractivity contribution in [3.63, 3.8) is 0 Å². The molecule has 1 aliphatic rings. The molecule has 7 heteroatoms. The second kappa shape index (κ2) is 5.61. The van der Waals surface area contributed by atoms with E-state index in [2.05, 4.69) is 27.0 Å². The van der Waals surface area contributed by atoms with Crippen LogP contribution < -0.4 is 0 Å². The summed E-state index contributed by atoms with van der Waals surface area (Å²) < 4.78 is 39.9. The first-order valence-electron chi connectivity index (χ1n) is 7.01. The quantitative estimate of drug-likeness (QED) is 0.719. The van der Waals surface area contributed by atoms with Gasteiger partial charge in [-0.3, -0.25) is 0 Å². The Morgan fingerprint density at radius 1 is 1.17 bits per heavy atom. The van der Waals surface area contributed by atoms with Crippen LogP contribution in [0.4, 0.5) is 13.2 Å². The van der Waals surface area contributed by atoms with Crippen molar-refractivity contribution in [1.82, 2.24) is 4.98 Å². The van der Waals surface area contributed by atoms with Gasteiger partial charge in [0.1, 0.15) is 17.2 Å². The summed E-state index contributed by atoms with van der Waals surface area (Å²) in [5.74, 6) is 0. The van der Waals surface area contributed by atoms with Crippen molar-refractivity contribution in [3.8, 4) is 12.1 Å². The summed E-state index contributed by atoms with van der Waals surface area (Å²) in [5, 5.41) is 19.1. The molecule has 1 aliphatic carbocycles. The zero-order chi connectivity index (χ0) is 17.5. The van der Waals surface area contributed by atoms with Crippen LogP contribution in [0.5, 0.6) is 0 Å². The first-order valence-corrected chi connectivity index (χ1v) is 7.81. The van der Waals surface area contributed by atoms with E-state index in [-0.39, 0.29) is 17.7 Å². The van der Waals surface area contributed by atoms with E-state index >= 15 is 0 Å². The van der Waals surface area contributed by atoms with Gasteiger partial charge in [-0.2, -0.15) is 23.7 Å². The molecule has 0 N–H and O–H groups in total. The van der Waals surface area contributed by atoms with Gasteiger partial charge in [0.25, 0.3) is 0 Å². The van der Waals surface area contributed by atoms with Crippen molar-refractivity contribution in [2.24, 2.45) is 0 Å². The molecule has 1 heterocycles. The van der Waals surface area contributed by atoms with Gasteiger partial charge in [0.2, 0.25) is 0 Å². The predicted octanol–water partition coefficient (Wildman–Crippen LogP) is 4.49. The minimum Gasteiger partial charge on any atom is -0.245 e. The zero-order valence-electron chi connectivity index (χ0n) is 12.2. The number of benzene rings is 1. The Balaban J connectivity index is 2.31. The van der Waals surface area contributed by atoms with Crippen LogP contribution in [0.1, 0.15) is 34.5 Å². The molecule has 120 valence electrons. The third kappa shape index (κ3) is 2.37. The van der Waals surface area contributed by atoms with E-state index in [9.17, 15) is 23.7 Å². The number of rotatable bonds is 1. The lowest BCUT2D eigenvalue weighted by Gasteiger charge is -2.24. The first-order chi connectivity index (χ1) is 11.3. The molecule has 0 saturated carbocycles. The topological polar surface area (TPSA) is 60.5 Å². The van der Waals surface area contributed by atoms with E-state index in [1.807, 2.05) is 12.1 Å². The standard InChI is InChI=1S/C17H9BrF3N3/c18-13-3-1-2-12-11(13)6-7-16(12,9-23)15-10(8-22)4-5-14(24-15)17(19,20)21/h1-5H,6-7H2. The van der Waals surface area contributed by atoms with Gasteiger partial charge in [-0.25, -0.2) is 4.98 Å². The van der Waals surface area contributed by atoms with E-state index in [1.165, 1.54) is 0 Å². The normalized spacial score (nSPS) is 19.4. The molecular weight excluding hydrogens is 383 g/mol. The Bertz CT molecular complexity index is 909. The summed E-state index contributed by atoms with van der Waals surface area (Å²) in [4.78, 5) is 3.68. The monoisotopic (exact) mass is 391 g/mol. The van der Waals surface area contributed by atoms with Crippen LogP contribution in [0.25, 0.3) is 0 Å². The fraction of sp³-hybridized carbons (Fsp3) is 0.235. The molecule has 3 nitrogen and oxygen atoms in total. The third-order valence-corrected chi connectivity index (χ3v) is 4.97. The number of pyridine rings is 1. The highest BCUT2D eigenvalue weighted by Crippen LogP contribution is 2.46. The minimum atomic E-state index is -4.64. The van der Waals surface area contributed by atoms with Gasteiger partial charge in [-0.1, -0.05) is 28.1 Å². The highest BCUT2D eigenvalue weighted by molar-refractivity contribution is 9.10. The Hall–Kier alpha value is -2.38. The van der Waals surface area contributed by atoms with E-state index in [4.69, 9.17) is 0 Å². The molecule has 3 rings (SSSR count). The van der Waals surface area contributed by atoms with E-state index in [0.29, 0.717) is 12.0 Å². The number of nitrogens with zero attached hydrogens (tertiary/aromatic N) is 3. The molecular formula is C17H9BrF3N3. The van der Waals surface area contributed by atoms with Crippen molar-refractivity contribution in [3.05, 3.63) is 62.9 Å². The van der Waals surface area contributed by atoms with Crippen LogP contribution >= 0.6 is 15.9 Å². The van der Waals surface area contributed by atoms with Crippen LogP contribution in [0.15, 0.2) is 34.8 Å². The molecule has 1 aromatic heterocycles. The molecule has 1 atom stereocenters. The number of halogens is 4. The van der Waals surface area contributed by atoms with Crippen LogP contribution in [0.3, 0.4) is 0 Å². The average molecular weight is 392 g/mol.